The molecule has 0 aromatic carbocycles. The molecular formula is C10H11N. The van der Waals surface area contributed by atoms with E-state index in [1.165, 1.54) is 0 Å². The van der Waals surface area contributed by atoms with E-state index in [4.69, 9.17) is 5.26 Å². The van der Waals surface area contributed by atoms with Crippen molar-refractivity contribution in [2.75, 3.05) is 0 Å². The minimum Gasteiger partial charge on any atom is -0.198 e. The molecule has 0 heterocycles. The highest BCUT2D eigenvalue weighted by atomic mass is 14.4. The van der Waals surface area contributed by atoms with E-state index in [-0.39, 0.29) is 11.3 Å². The third kappa shape index (κ3) is 1.25. The molecule has 1 aliphatic rings. The number of nitriles is 1. The topological polar surface area (TPSA) is 23.8 Å². The van der Waals surface area contributed by atoms with Gasteiger partial charge in [-0.1, -0.05) is 37.3 Å². The van der Waals surface area contributed by atoms with Gasteiger partial charge in [0.05, 0.1) is 12.0 Å². The SMILES string of the molecule is C=CC1(C)C=CC=CC1C#N. The molecule has 2 unspecified atom stereocenters. The molecule has 1 aliphatic carbocycles. The van der Waals surface area contributed by atoms with Crippen molar-refractivity contribution < 1.29 is 0 Å². The van der Waals surface area contributed by atoms with Crippen molar-refractivity contribution in [1.29, 1.82) is 5.26 Å². The Bertz CT molecular complexity index is 255. The normalized spacial score (nSPS) is 34.7. The van der Waals surface area contributed by atoms with Gasteiger partial charge in [0, 0.05) is 5.41 Å². The lowest BCUT2D eigenvalue weighted by Crippen LogP contribution is -2.21. The first-order valence-electron chi connectivity index (χ1n) is 3.62. The van der Waals surface area contributed by atoms with Gasteiger partial charge in [-0.2, -0.15) is 5.26 Å². The second kappa shape index (κ2) is 2.75. The largest absolute Gasteiger partial charge is 0.198 e. The number of rotatable bonds is 1. The first-order chi connectivity index (χ1) is 5.23. The van der Waals surface area contributed by atoms with Gasteiger partial charge in [0.15, 0.2) is 0 Å². The molecule has 11 heavy (non-hydrogen) atoms. The van der Waals surface area contributed by atoms with Crippen molar-refractivity contribution in [2.45, 2.75) is 6.92 Å². The van der Waals surface area contributed by atoms with Crippen LogP contribution < -0.4 is 0 Å². The predicted octanol–water partition coefficient (Wildman–Crippen LogP) is 2.44. The van der Waals surface area contributed by atoms with Crippen LogP contribution in [0, 0.1) is 22.7 Å². The molecule has 1 heteroatoms. The fraction of sp³-hybridized carbons (Fsp3) is 0.300. The molecular weight excluding hydrogens is 134 g/mol. The molecule has 2 atom stereocenters. The second-order valence-electron chi connectivity index (χ2n) is 2.92. The Balaban J connectivity index is 2.97. The summed E-state index contributed by atoms with van der Waals surface area (Å²) in [7, 11) is 0. The zero-order valence-electron chi connectivity index (χ0n) is 6.62. The fourth-order valence-electron chi connectivity index (χ4n) is 1.13. The van der Waals surface area contributed by atoms with Gasteiger partial charge in [0.1, 0.15) is 0 Å². The Morgan fingerprint density at radius 3 is 2.82 bits per heavy atom. The first-order valence-corrected chi connectivity index (χ1v) is 3.62. The summed E-state index contributed by atoms with van der Waals surface area (Å²) in [5.41, 5.74) is -0.177. The molecule has 0 saturated carbocycles. The van der Waals surface area contributed by atoms with Crippen LogP contribution >= 0.6 is 0 Å². The van der Waals surface area contributed by atoms with Crippen LogP contribution in [0.4, 0.5) is 0 Å². The lowest BCUT2D eigenvalue weighted by molar-refractivity contribution is 0.467. The van der Waals surface area contributed by atoms with Crippen molar-refractivity contribution in [3.05, 3.63) is 37.0 Å². The highest BCUT2D eigenvalue weighted by Gasteiger charge is 2.27. The zero-order valence-corrected chi connectivity index (χ0v) is 6.62. The zero-order chi connectivity index (χ0) is 8.32. The predicted molar refractivity (Wildman–Crippen MR) is 45.7 cm³/mol. The molecule has 0 aliphatic heterocycles. The fourth-order valence-corrected chi connectivity index (χ4v) is 1.13. The van der Waals surface area contributed by atoms with Gasteiger partial charge < -0.3 is 0 Å². The summed E-state index contributed by atoms with van der Waals surface area (Å²) in [5.74, 6) is -0.0648. The summed E-state index contributed by atoms with van der Waals surface area (Å²) in [6, 6.07) is 2.24. The van der Waals surface area contributed by atoms with E-state index in [2.05, 4.69) is 12.6 Å². The summed E-state index contributed by atoms with van der Waals surface area (Å²) >= 11 is 0. The van der Waals surface area contributed by atoms with Gasteiger partial charge in [-0.25, -0.2) is 0 Å². The number of hydrogen-bond donors (Lipinski definition) is 0. The highest BCUT2D eigenvalue weighted by Crippen LogP contribution is 2.33. The lowest BCUT2D eigenvalue weighted by atomic mass is 9.75. The molecule has 0 aromatic rings. The van der Waals surface area contributed by atoms with Crippen molar-refractivity contribution in [1.82, 2.24) is 0 Å². The van der Waals surface area contributed by atoms with Crippen molar-refractivity contribution >= 4 is 0 Å². The lowest BCUT2D eigenvalue weighted by Gasteiger charge is -2.26. The molecule has 0 bridgehead atoms. The van der Waals surface area contributed by atoms with E-state index in [0.29, 0.717) is 0 Å². The van der Waals surface area contributed by atoms with Crippen LogP contribution in [0.5, 0.6) is 0 Å². The standard InChI is InChI=1S/C10H11N/c1-3-10(2)7-5-4-6-9(10)8-11/h3-7,9H,1H2,2H3. The highest BCUT2D eigenvalue weighted by molar-refractivity contribution is 5.27. The minimum absolute atomic E-state index is 0.0648. The maximum atomic E-state index is 8.77. The molecule has 56 valence electrons. The van der Waals surface area contributed by atoms with Gasteiger partial charge in [-0.15, -0.1) is 6.58 Å². The first kappa shape index (κ1) is 7.81. The third-order valence-corrected chi connectivity index (χ3v) is 2.12. The molecule has 0 amide bonds. The van der Waals surface area contributed by atoms with Crippen LogP contribution in [0.2, 0.25) is 0 Å². The quantitative estimate of drug-likeness (QED) is 0.520. The second-order valence-corrected chi connectivity index (χ2v) is 2.92. The van der Waals surface area contributed by atoms with Crippen LogP contribution in [0.1, 0.15) is 6.92 Å². The van der Waals surface area contributed by atoms with E-state index >= 15 is 0 Å². The summed E-state index contributed by atoms with van der Waals surface area (Å²) in [6.45, 7) is 5.73. The molecule has 0 aromatic heterocycles. The maximum absolute atomic E-state index is 8.77. The Kier molecular flexibility index (Phi) is 1.96. The summed E-state index contributed by atoms with van der Waals surface area (Å²) in [6.07, 6.45) is 9.59. The molecule has 0 saturated heterocycles. The molecule has 0 spiro atoms. The Labute approximate surface area is 67.3 Å². The maximum Gasteiger partial charge on any atom is 0.0769 e. The Morgan fingerprint density at radius 2 is 2.36 bits per heavy atom. The average molecular weight is 145 g/mol. The number of nitrogens with zero attached hydrogens (tertiary/aromatic N) is 1. The van der Waals surface area contributed by atoms with Crippen LogP contribution in [-0.2, 0) is 0 Å². The number of allylic oxidation sites excluding steroid dienone is 5. The smallest absolute Gasteiger partial charge is 0.0769 e. The van der Waals surface area contributed by atoms with E-state index in [1.807, 2.05) is 37.3 Å². The molecule has 0 N–H and O–H groups in total. The molecule has 0 radical (unpaired) electrons. The Morgan fingerprint density at radius 1 is 1.64 bits per heavy atom. The third-order valence-electron chi connectivity index (χ3n) is 2.12. The van der Waals surface area contributed by atoms with Gasteiger partial charge in [0.25, 0.3) is 0 Å². The van der Waals surface area contributed by atoms with Crippen molar-refractivity contribution in [2.24, 2.45) is 11.3 Å². The summed E-state index contributed by atoms with van der Waals surface area (Å²) in [5, 5.41) is 8.77. The Hall–Kier alpha value is -1.29. The van der Waals surface area contributed by atoms with Crippen molar-refractivity contribution in [3.63, 3.8) is 0 Å². The van der Waals surface area contributed by atoms with Gasteiger partial charge in [-0.05, 0) is 0 Å². The van der Waals surface area contributed by atoms with E-state index in [0.717, 1.165) is 0 Å². The minimum atomic E-state index is -0.177. The van der Waals surface area contributed by atoms with Crippen LogP contribution in [0.3, 0.4) is 0 Å². The van der Waals surface area contributed by atoms with E-state index in [1.54, 1.807) is 0 Å². The van der Waals surface area contributed by atoms with E-state index in [9.17, 15) is 0 Å². The monoisotopic (exact) mass is 145 g/mol. The van der Waals surface area contributed by atoms with E-state index < -0.39 is 0 Å². The van der Waals surface area contributed by atoms with Crippen LogP contribution in [0.15, 0.2) is 37.0 Å². The molecule has 1 nitrogen and oxygen atoms in total. The number of hydrogen-bond acceptors (Lipinski definition) is 1. The van der Waals surface area contributed by atoms with Crippen LogP contribution in [-0.4, -0.2) is 0 Å². The van der Waals surface area contributed by atoms with Crippen molar-refractivity contribution in [3.8, 4) is 6.07 Å². The van der Waals surface area contributed by atoms with Gasteiger partial charge in [0.2, 0.25) is 0 Å². The average Bonchev–Trinajstić information content (AvgIpc) is 2.05. The summed E-state index contributed by atoms with van der Waals surface area (Å²) in [4.78, 5) is 0. The van der Waals surface area contributed by atoms with Crippen LogP contribution in [0.25, 0.3) is 0 Å². The summed E-state index contributed by atoms with van der Waals surface area (Å²) < 4.78 is 0. The van der Waals surface area contributed by atoms with Gasteiger partial charge >= 0.3 is 0 Å². The molecule has 1 rings (SSSR count). The van der Waals surface area contributed by atoms with Gasteiger partial charge in [-0.3, -0.25) is 0 Å². The molecule has 0 fully saturated rings.